The molecule has 1 amide bonds. The number of halogens is 1. The molecule has 0 aliphatic carbocycles. The number of nitrogens with one attached hydrogen (secondary N) is 1. The third-order valence-electron chi connectivity index (χ3n) is 7.80. The second kappa shape index (κ2) is 16.4. The van der Waals surface area contributed by atoms with Crippen molar-refractivity contribution in [3.63, 3.8) is 0 Å². The molecule has 0 fully saturated rings. The summed E-state index contributed by atoms with van der Waals surface area (Å²) in [4.78, 5) is 13.1. The second-order valence-corrected chi connectivity index (χ2v) is 16.0. The molecule has 1 aromatic heterocycles. The number of rotatable bonds is 15. The van der Waals surface area contributed by atoms with Crippen molar-refractivity contribution >= 4 is 43.8 Å². The minimum absolute atomic E-state index is 0.0771. The van der Waals surface area contributed by atoms with Crippen LogP contribution in [-0.4, -0.2) is 50.7 Å². The Balaban J connectivity index is 1.27. The van der Waals surface area contributed by atoms with Crippen molar-refractivity contribution in [2.45, 2.75) is 43.1 Å². The molecule has 0 spiro atoms. The van der Waals surface area contributed by atoms with E-state index >= 15 is 0 Å². The molecule has 1 heterocycles. The molecule has 0 bridgehead atoms. The number of carbonyl (C=O) groups is 1. The zero-order valence-electron chi connectivity index (χ0n) is 27.6. The van der Waals surface area contributed by atoms with Gasteiger partial charge in [-0.25, -0.2) is 22.3 Å². The summed E-state index contributed by atoms with van der Waals surface area (Å²) in [5.41, 5.74) is 6.07. The summed E-state index contributed by atoms with van der Waals surface area (Å²) in [6.07, 6.45) is 1.68. The number of hydrogen-bond donors (Lipinski definition) is 1. The van der Waals surface area contributed by atoms with Crippen LogP contribution in [0.4, 0.5) is 0 Å². The molecule has 5 rings (SSSR count). The van der Waals surface area contributed by atoms with Gasteiger partial charge in [-0.1, -0.05) is 89.5 Å². The predicted octanol–water partition coefficient (Wildman–Crippen LogP) is 6.32. The molecule has 0 atom stereocenters. The maximum Gasteiger partial charge on any atom is 0.255 e. The van der Waals surface area contributed by atoms with Crippen molar-refractivity contribution in [2.24, 2.45) is 5.10 Å². The van der Waals surface area contributed by atoms with Gasteiger partial charge in [0.1, 0.15) is 11.5 Å². The number of nitrogens with zero attached hydrogens (tertiary/aromatic N) is 3. The van der Waals surface area contributed by atoms with E-state index in [2.05, 4.69) is 10.5 Å². The number of furan rings is 1. The Morgan fingerprint density at radius 2 is 1.30 bits per heavy atom. The van der Waals surface area contributed by atoms with E-state index in [9.17, 15) is 21.6 Å². The highest BCUT2D eigenvalue weighted by molar-refractivity contribution is 7.89. The third-order valence-corrected chi connectivity index (χ3v) is 11.7. The van der Waals surface area contributed by atoms with E-state index in [4.69, 9.17) is 16.0 Å². The van der Waals surface area contributed by atoms with Gasteiger partial charge in [-0.3, -0.25) is 4.79 Å². The van der Waals surface area contributed by atoms with Crippen molar-refractivity contribution in [3.05, 3.63) is 154 Å². The number of sulfonamides is 2. The summed E-state index contributed by atoms with van der Waals surface area (Å²) >= 11 is 6.00. The SMILES string of the molecule is Cc1ccc(CN(Cc2ccc(/C=N\NC(=O)CN(CCc3ccccc3)S(=O)(=O)c3ccc(C)cc3)o2)S(=O)(=O)c2ccc(Cl)cc2)cc1. The predicted molar refractivity (Wildman–Crippen MR) is 194 cm³/mol. The molecule has 50 heavy (non-hydrogen) atoms. The number of hydrazone groups is 1. The second-order valence-electron chi connectivity index (χ2n) is 11.7. The summed E-state index contributed by atoms with van der Waals surface area (Å²) in [6, 6.07) is 32.6. The molecular formula is C37H37ClN4O6S2. The van der Waals surface area contributed by atoms with E-state index in [0.717, 1.165) is 26.6 Å². The van der Waals surface area contributed by atoms with Gasteiger partial charge >= 0.3 is 0 Å². The van der Waals surface area contributed by atoms with Crippen molar-refractivity contribution in [1.29, 1.82) is 0 Å². The molecule has 4 aromatic carbocycles. The minimum Gasteiger partial charge on any atom is -0.459 e. The van der Waals surface area contributed by atoms with Crippen LogP contribution in [0, 0.1) is 13.8 Å². The molecule has 0 unspecified atom stereocenters. The lowest BCUT2D eigenvalue weighted by Crippen LogP contribution is -2.40. The zero-order chi connectivity index (χ0) is 35.7. The van der Waals surface area contributed by atoms with Crippen LogP contribution in [0.2, 0.25) is 5.02 Å². The molecule has 1 N–H and O–H groups in total. The highest BCUT2D eigenvalue weighted by Crippen LogP contribution is 2.24. The highest BCUT2D eigenvalue weighted by atomic mass is 35.5. The molecule has 0 aliphatic rings. The molecule has 260 valence electrons. The fraction of sp³-hybridized carbons (Fsp3) is 0.189. The van der Waals surface area contributed by atoms with E-state index in [1.54, 1.807) is 24.3 Å². The zero-order valence-corrected chi connectivity index (χ0v) is 30.0. The monoisotopic (exact) mass is 732 g/mol. The number of amides is 1. The molecule has 0 saturated heterocycles. The Bertz CT molecular complexity index is 2140. The van der Waals surface area contributed by atoms with Crippen LogP contribution >= 0.6 is 11.6 Å². The van der Waals surface area contributed by atoms with Gasteiger partial charge in [-0.2, -0.15) is 13.7 Å². The standard InChI is InChI=1S/C37H37ClN4O6S2/c1-28-8-12-31(13-9-28)25-42(50(46,47)36-20-14-32(38)15-21-36)26-34-17-16-33(48-34)24-39-40-37(43)27-41(23-22-30-6-4-3-5-7-30)49(44,45)35-18-10-29(2)11-19-35/h3-21,24H,22-23,25-27H2,1-2H3,(H,40,43)/b39-24-. The van der Waals surface area contributed by atoms with Crippen molar-refractivity contribution in [2.75, 3.05) is 13.1 Å². The normalized spacial score (nSPS) is 12.2. The van der Waals surface area contributed by atoms with Gasteiger partial charge in [0, 0.05) is 18.1 Å². The van der Waals surface area contributed by atoms with E-state index in [0.29, 0.717) is 17.2 Å². The van der Waals surface area contributed by atoms with Gasteiger partial charge < -0.3 is 4.42 Å². The van der Waals surface area contributed by atoms with Gasteiger partial charge in [0.2, 0.25) is 20.0 Å². The summed E-state index contributed by atoms with van der Waals surface area (Å²) in [6.45, 7) is 3.46. The maximum atomic E-state index is 13.7. The van der Waals surface area contributed by atoms with Crippen LogP contribution in [0.25, 0.3) is 0 Å². The summed E-state index contributed by atoms with van der Waals surface area (Å²) in [5.74, 6) is -0.0403. The number of benzene rings is 4. The topological polar surface area (TPSA) is 129 Å². The van der Waals surface area contributed by atoms with E-state index in [-0.39, 0.29) is 35.2 Å². The third kappa shape index (κ3) is 9.77. The molecule has 0 aliphatic heterocycles. The van der Waals surface area contributed by atoms with Crippen LogP contribution in [0.5, 0.6) is 0 Å². The first-order chi connectivity index (χ1) is 23.9. The van der Waals surface area contributed by atoms with Crippen LogP contribution in [0.3, 0.4) is 0 Å². The summed E-state index contributed by atoms with van der Waals surface area (Å²) < 4.78 is 62.7. The first kappa shape index (κ1) is 36.7. The van der Waals surface area contributed by atoms with Gasteiger partial charge in [0.25, 0.3) is 5.91 Å². The molecule has 5 aromatic rings. The van der Waals surface area contributed by atoms with E-state index in [1.165, 1.54) is 46.9 Å². The van der Waals surface area contributed by atoms with Crippen LogP contribution in [-0.2, 0) is 44.4 Å². The fourth-order valence-electron chi connectivity index (χ4n) is 5.01. The largest absolute Gasteiger partial charge is 0.459 e. The molecule has 13 heteroatoms. The van der Waals surface area contributed by atoms with Crippen LogP contribution in [0.15, 0.2) is 135 Å². The summed E-state index contributed by atoms with van der Waals surface area (Å²) in [7, 11) is -7.93. The van der Waals surface area contributed by atoms with Crippen molar-refractivity contribution < 1.29 is 26.0 Å². The maximum absolute atomic E-state index is 13.7. The smallest absolute Gasteiger partial charge is 0.255 e. The number of hydrogen-bond acceptors (Lipinski definition) is 7. The van der Waals surface area contributed by atoms with Gasteiger partial charge in [0.15, 0.2) is 0 Å². The van der Waals surface area contributed by atoms with Crippen LogP contribution in [0.1, 0.15) is 33.8 Å². The van der Waals surface area contributed by atoms with E-state index in [1.807, 2.05) is 68.4 Å². The molecule has 0 saturated carbocycles. The minimum atomic E-state index is -3.99. The molecular weight excluding hydrogens is 696 g/mol. The number of carbonyl (C=O) groups excluding carboxylic acids is 1. The van der Waals surface area contributed by atoms with Gasteiger partial charge in [0.05, 0.1) is 29.1 Å². The van der Waals surface area contributed by atoms with Crippen LogP contribution < -0.4 is 5.43 Å². The lowest BCUT2D eigenvalue weighted by molar-refractivity contribution is -0.121. The first-order valence-corrected chi connectivity index (χ1v) is 19.0. The lowest BCUT2D eigenvalue weighted by Gasteiger charge is -2.21. The lowest BCUT2D eigenvalue weighted by atomic mass is 10.1. The Labute approximate surface area is 298 Å². The average Bonchev–Trinajstić information content (AvgIpc) is 3.55. The number of aryl methyl sites for hydroxylation is 2. The van der Waals surface area contributed by atoms with Crippen molar-refractivity contribution in [3.8, 4) is 0 Å². The summed E-state index contributed by atoms with van der Waals surface area (Å²) in [5, 5.41) is 4.39. The average molecular weight is 733 g/mol. The Morgan fingerprint density at radius 1 is 0.720 bits per heavy atom. The van der Waals surface area contributed by atoms with Gasteiger partial charge in [-0.15, -0.1) is 0 Å². The quantitative estimate of drug-likeness (QED) is 0.0991. The highest BCUT2D eigenvalue weighted by Gasteiger charge is 2.28. The Kier molecular flexibility index (Phi) is 12.0. The van der Waals surface area contributed by atoms with E-state index < -0.39 is 32.5 Å². The first-order valence-electron chi connectivity index (χ1n) is 15.7. The fourth-order valence-corrected chi connectivity index (χ4v) is 7.92. The van der Waals surface area contributed by atoms with Crippen molar-refractivity contribution in [1.82, 2.24) is 14.0 Å². The molecule has 0 radical (unpaired) electrons. The molecule has 10 nitrogen and oxygen atoms in total. The van der Waals surface area contributed by atoms with Gasteiger partial charge in [-0.05, 0) is 79.9 Å². The Morgan fingerprint density at radius 3 is 1.94 bits per heavy atom. The Hall–Kier alpha value is -4.59.